The maximum absolute atomic E-state index is 12.9. The Morgan fingerprint density at radius 2 is 1.97 bits per heavy atom. The molecule has 2 N–H and O–H groups in total. The van der Waals surface area contributed by atoms with Crippen molar-refractivity contribution >= 4 is 26.6 Å². The molecule has 0 radical (unpaired) electrons. The first kappa shape index (κ1) is 19.1. The van der Waals surface area contributed by atoms with Crippen molar-refractivity contribution in [2.75, 3.05) is 11.8 Å². The van der Waals surface area contributed by atoms with Crippen LogP contribution in [0.1, 0.15) is 18.5 Å². The fourth-order valence-electron chi connectivity index (χ4n) is 3.09. The van der Waals surface area contributed by atoms with Crippen molar-refractivity contribution in [1.82, 2.24) is 29.9 Å². The zero-order valence-corrected chi connectivity index (χ0v) is 17.1. The van der Waals surface area contributed by atoms with Gasteiger partial charge in [-0.15, -0.1) is 0 Å². The molecule has 0 aliphatic heterocycles. The summed E-state index contributed by atoms with van der Waals surface area (Å²) in [7, 11) is -0.193. The summed E-state index contributed by atoms with van der Waals surface area (Å²) in [5.41, 5.74) is 2.19. The average Bonchev–Trinajstić information content (AvgIpc) is 3.36. The van der Waals surface area contributed by atoms with Crippen LogP contribution in [0.3, 0.4) is 0 Å². The van der Waals surface area contributed by atoms with Gasteiger partial charge in [0, 0.05) is 24.7 Å². The molecule has 3 heterocycles. The minimum absolute atomic E-state index is 0.0468. The molecule has 0 saturated carbocycles. The molecule has 0 saturated heterocycles. The lowest BCUT2D eigenvalue weighted by molar-refractivity contribution is 0.601. The summed E-state index contributed by atoms with van der Waals surface area (Å²) in [5.74, 6) is 0.541. The van der Waals surface area contributed by atoms with E-state index in [9.17, 15) is 8.42 Å². The van der Waals surface area contributed by atoms with Crippen molar-refractivity contribution in [3.05, 3.63) is 60.7 Å². The Morgan fingerprint density at radius 3 is 2.76 bits per heavy atom. The van der Waals surface area contributed by atoms with Crippen molar-refractivity contribution in [2.24, 2.45) is 7.05 Å². The number of sulfonamides is 1. The molecule has 150 valence electrons. The Morgan fingerprint density at radius 1 is 1.14 bits per heavy atom. The van der Waals surface area contributed by atoms with Gasteiger partial charge in [-0.1, -0.05) is 12.1 Å². The maximum atomic E-state index is 12.9. The first-order chi connectivity index (χ1) is 13.9. The lowest BCUT2D eigenvalue weighted by Gasteiger charge is -2.11. The summed E-state index contributed by atoms with van der Waals surface area (Å²) in [5, 5.41) is 12.4. The van der Waals surface area contributed by atoms with Gasteiger partial charge in [-0.3, -0.25) is 9.40 Å². The highest BCUT2D eigenvalue weighted by Crippen LogP contribution is 2.25. The largest absolute Gasteiger partial charge is 0.313 e. The molecule has 0 amide bonds. The second kappa shape index (κ2) is 7.30. The van der Waals surface area contributed by atoms with Gasteiger partial charge in [-0.2, -0.15) is 10.2 Å². The number of hydrogen-bond acceptors (Lipinski definition) is 6. The fraction of sp³-hybridized carbons (Fsp3) is 0.211. The van der Waals surface area contributed by atoms with E-state index in [-0.39, 0.29) is 10.9 Å². The third-order valence-corrected chi connectivity index (χ3v) is 6.13. The Labute approximate surface area is 168 Å². The van der Waals surface area contributed by atoms with Crippen LogP contribution in [0, 0.1) is 0 Å². The third-order valence-electron chi connectivity index (χ3n) is 4.81. The van der Waals surface area contributed by atoms with Crippen LogP contribution in [0.5, 0.6) is 0 Å². The molecular weight excluding hydrogens is 390 g/mol. The fourth-order valence-corrected chi connectivity index (χ4v) is 4.08. The number of aromatic nitrogens is 5. The summed E-state index contributed by atoms with van der Waals surface area (Å²) in [6.45, 7) is 2.03. The van der Waals surface area contributed by atoms with E-state index in [0.29, 0.717) is 17.0 Å². The summed E-state index contributed by atoms with van der Waals surface area (Å²) >= 11 is 0. The van der Waals surface area contributed by atoms with Gasteiger partial charge in [-0.25, -0.2) is 18.1 Å². The lowest BCUT2D eigenvalue weighted by atomic mass is 10.1. The number of fused-ring (bicyclic) bond motifs is 1. The van der Waals surface area contributed by atoms with Crippen LogP contribution in [0.2, 0.25) is 0 Å². The van der Waals surface area contributed by atoms with Gasteiger partial charge in [-0.05, 0) is 37.7 Å². The maximum Gasteiger partial charge on any atom is 0.265 e. The van der Waals surface area contributed by atoms with Gasteiger partial charge in [0.1, 0.15) is 4.90 Å². The molecule has 0 aliphatic rings. The second-order valence-corrected chi connectivity index (χ2v) is 8.38. The van der Waals surface area contributed by atoms with Crippen LogP contribution in [-0.2, 0) is 17.1 Å². The normalized spacial score (nSPS) is 12.9. The van der Waals surface area contributed by atoms with Crippen molar-refractivity contribution in [2.45, 2.75) is 17.9 Å². The number of nitrogens with one attached hydrogen (secondary N) is 2. The third kappa shape index (κ3) is 3.59. The molecule has 10 heteroatoms. The highest BCUT2D eigenvalue weighted by atomic mass is 32.2. The second-order valence-electron chi connectivity index (χ2n) is 6.70. The van der Waals surface area contributed by atoms with Crippen LogP contribution in [0.15, 0.2) is 60.0 Å². The predicted octanol–water partition coefficient (Wildman–Crippen LogP) is 2.24. The molecule has 0 fully saturated rings. The van der Waals surface area contributed by atoms with Crippen molar-refractivity contribution < 1.29 is 8.42 Å². The lowest BCUT2D eigenvalue weighted by Crippen LogP contribution is -2.13. The minimum atomic E-state index is -3.83. The minimum Gasteiger partial charge on any atom is -0.313 e. The summed E-state index contributed by atoms with van der Waals surface area (Å²) in [4.78, 5) is 4.34. The number of rotatable bonds is 6. The van der Waals surface area contributed by atoms with Crippen molar-refractivity contribution in [1.29, 1.82) is 0 Å². The number of benzene rings is 1. The van der Waals surface area contributed by atoms with Gasteiger partial charge in [0.2, 0.25) is 0 Å². The number of hydrogen-bond donors (Lipinski definition) is 2. The molecule has 0 spiro atoms. The zero-order chi connectivity index (χ0) is 20.6. The van der Waals surface area contributed by atoms with Crippen molar-refractivity contribution in [3.63, 3.8) is 0 Å². The van der Waals surface area contributed by atoms with Crippen LogP contribution in [0.25, 0.3) is 16.7 Å². The number of nitrogens with zero attached hydrogens (tertiary/aromatic N) is 5. The van der Waals surface area contributed by atoms with E-state index < -0.39 is 10.0 Å². The topological polar surface area (TPSA) is 107 Å². The van der Waals surface area contributed by atoms with Crippen LogP contribution < -0.4 is 10.0 Å². The molecular formula is C19H21N7O2S. The molecule has 0 bridgehead atoms. The molecule has 0 aliphatic carbocycles. The molecule has 4 rings (SSSR count). The van der Waals surface area contributed by atoms with Gasteiger partial charge >= 0.3 is 0 Å². The molecule has 0 unspecified atom stereocenters. The molecule has 4 aromatic rings. The smallest absolute Gasteiger partial charge is 0.265 e. The summed E-state index contributed by atoms with van der Waals surface area (Å²) in [6.07, 6.45) is 6.12. The van der Waals surface area contributed by atoms with E-state index in [1.807, 2.05) is 32.2 Å². The first-order valence-electron chi connectivity index (χ1n) is 9.01. The highest BCUT2D eigenvalue weighted by Gasteiger charge is 2.19. The van der Waals surface area contributed by atoms with Gasteiger partial charge in [0.15, 0.2) is 5.82 Å². The highest BCUT2D eigenvalue weighted by molar-refractivity contribution is 7.92. The SMILES string of the molecule is CN[C@@H](C)c1ccnc(-n2cc(S(=O)(=O)Nc3cccc4cnn(C)c34)cn2)c1. The van der Waals surface area contributed by atoms with Gasteiger partial charge in [0.05, 0.1) is 29.8 Å². The molecule has 1 aromatic carbocycles. The van der Waals surface area contributed by atoms with E-state index in [2.05, 4.69) is 25.2 Å². The number of para-hydroxylation sites is 1. The molecule has 3 aromatic heterocycles. The Bertz CT molecular complexity index is 1280. The van der Waals surface area contributed by atoms with Gasteiger partial charge < -0.3 is 5.32 Å². The quantitative estimate of drug-likeness (QED) is 0.504. The first-order valence-corrected chi connectivity index (χ1v) is 10.5. The summed E-state index contributed by atoms with van der Waals surface area (Å²) in [6, 6.07) is 9.27. The molecule has 1 atom stereocenters. The molecule has 9 nitrogen and oxygen atoms in total. The molecule has 29 heavy (non-hydrogen) atoms. The Hall–Kier alpha value is -3.24. The Kier molecular flexibility index (Phi) is 4.81. The zero-order valence-electron chi connectivity index (χ0n) is 16.2. The number of pyridine rings is 1. The predicted molar refractivity (Wildman–Crippen MR) is 110 cm³/mol. The van der Waals surface area contributed by atoms with E-state index in [0.717, 1.165) is 10.9 Å². The van der Waals surface area contributed by atoms with E-state index in [1.54, 1.807) is 36.3 Å². The number of aryl methyl sites for hydroxylation is 1. The summed E-state index contributed by atoms with van der Waals surface area (Å²) < 4.78 is 31.6. The van der Waals surface area contributed by atoms with Gasteiger partial charge in [0.25, 0.3) is 10.0 Å². The van der Waals surface area contributed by atoms with Crippen LogP contribution in [-0.4, -0.2) is 40.0 Å². The van der Waals surface area contributed by atoms with E-state index in [1.165, 1.54) is 17.1 Å². The van der Waals surface area contributed by atoms with E-state index >= 15 is 0 Å². The monoisotopic (exact) mass is 411 g/mol. The average molecular weight is 411 g/mol. The standard InChI is InChI=1S/C19H21N7O2S/c1-13(20-2)14-7-8-21-18(9-14)26-12-16(11-23-26)29(27,28)24-17-6-4-5-15-10-22-25(3)19(15)17/h4-13,20,24H,1-3H3/t13-/m0/s1. The Balaban J connectivity index is 1.66. The van der Waals surface area contributed by atoms with E-state index in [4.69, 9.17) is 0 Å². The van der Waals surface area contributed by atoms with Crippen LogP contribution in [0.4, 0.5) is 5.69 Å². The number of anilines is 1. The van der Waals surface area contributed by atoms with Crippen LogP contribution >= 0.6 is 0 Å². The van der Waals surface area contributed by atoms with Crippen molar-refractivity contribution in [3.8, 4) is 5.82 Å².